The number of piperazine rings is 1. The van der Waals surface area contributed by atoms with Crippen molar-refractivity contribution in [3.8, 4) is 5.75 Å². The van der Waals surface area contributed by atoms with Crippen LogP contribution in [0.25, 0.3) is 0 Å². The molecular formula is C21H26N4O4. The molecule has 0 radical (unpaired) electrons. The smallest absolute Gasteiger partial charge is 0.292 e. The van der Waals surface area contributed by atoms with Gasteiger partial charge in [-0.15, -0.1) is 0 Å². The van der Waals surface area contributed by atoms with Gasteiger partial charge < -0.3 is 15.0 Å². The number of rotatable bonds is 7. The first kappa shape index (κ1) is 20.6. The van der Waals surface area contributed by atoms with E-state index in [2.05, 4.69) is 15.1 Å². The number of nitrogens with one attached hydrogen (secondary N) is 1. The summed E-state index contributed by atoms with van der Waals surface area (Å²) in [6, 6.07) is 13.8. The zero-order valence-electron chi connectivity index (χ0n) is 16.7. The second kappa shape index (κ2) is 9.38. The van der Waals surface area contributed by atoms with Crippen LogP contribution in [0.1, 0.15) is 13.8 Å². The first-order chi connectivity index (χ1) is 14.0. The highest BCUT2D eigenvalue weighted by Gasteiger charge is 2.27. The summed E-state index contributed by atoms with van der Waals surface area (Å²) in [5, 5.41) is 13.8. The largest absolute Gasteiger partial charge is 0.492 e. The van der Waals surface area contributed by atoms with Gasteiger partial charge in [0.05, 0.1) is 23.3 Å². The minimum atomic E-state index is -0.491. The van der Waals surface area contributed by atoms with E-state index in [0.29, 0.717) is 19.7 Å². The number of nitrogens with zero attached hydrogens (tertiary/aromatic N) is 3. The summed E-state index contributed by atoms with van der Waals surface area (Å²) in [6.45, 7) is 7.37. The normalized spacial score (nSPS) is 15.6. The molecule has 1 fully saturated rings. The Bertz CT molecular complexity index is 865. The summed E-state index contributed by atoms with van der Waals surface area (Å²) < 4.78 is 5.73. The lowest BCUT2D eigenvalue weighted by Gasteiger charge is -2.38. The van der Waals surface area contributed by atoms with Crippen LogP contribution in [-0.4, -0.2) is 54.6 Å². The lowest BCUT2D eigenvalue weighted by molar-refractivity contribution is -0.383. The summed E-state index contributed by atoms with van der Waals surface area (Å²) in [7, 11) is 0. The van der Waals surface area contributed by atoms with Crippen LogP contribution >= 0.6 is 0 Å². The Balaban J connectivity index is 1.61. The molecule has 1 N–H and O–H groups in total. The maximum Gasteiger partial charge on any atom is 0.292 e. The first-order valence-electron chi connectivity index (χ1n) is 9.76. The lowest BCUT2D eigenvalue weighted by atomic mass is 10.1. The number of carbonyl (C=O) groups excluding carboxylic acids is 1. The van der Waals surface area contributed by atoms with Crippen LogP contribution in [0.4, 0.5) is 17.1 Å². The van der Waals surface area contributed by atoms with Crippen molar-refractivity contribution in [2.24, 2.45) is 0 Å². The average molecular weight is 398 g/mol. The average Bonchev–Trinajstić information content (AvgIpc) is 2.74. The second-order valence-electron chi connectivity index (χ2n) is 6.86. The summed E-state index contributed by atoms with van der Waals surface area (Å²) in [5.41, 5.74) is 1.18. The Morgan fingerprint density at radius 3 is 2.48 bits per heavy atom. The van der Waals surface area contributed by atoms with Crippen LogP contribution in [-0.2, 0) is 4.79 Å². The summed E-state index contributed by atoms with van der Waals surface area (Å²) in [4.78, 5) is 27.7. The highest BCUT2D eigenvalue weighted by Crippen LogP contribution is 2.29. The number of para-hydroxylation sites is 4. The molecule has 1 aliphatic heterocycles. The number of amides is 1. The zero-order chi connectivity index (χ0) is 20.8. The Hall–Kier alpha value is -3.13. The van der Waals surface area contributed by atoms with E-state index in [0.717, 1.165) is 24.5 Å². The maximum atomic E-state index is 12.7. The van der Waals surface area contributed by atoms with Crippen LogP contribution in [0.3, 0.4) is 0 Å². The molecule has 0 spiro atoms. The van der Waals surface area contributed by atoms with Gasteiger partial charge in [0, 0.05) is 32.2 Å². The summed E-state index contributed by atoms with van der Waals surface area (Å²) in [6.07, 6.45) is 0. The molecule has 8 nitrogen and oxygen atoms in total. The van der Waals surface area contributed by atoms with Crippen molar-refractivity contribution >= 4 is 23.0 Å². The standard InChI is InChI=1S/C21H26N4O4/c1-3-29-20-11-7-6-10-19(20)24-14-12-23(13-15-24)16(2)21(26)22-17-8-4-5-9-18(17)25(27)28/h4-11,16H,3,12-15H2,1-2H3,(H,22,26)/t16-/m1/s1. The molecule has 1 aliphatic rings. The number of nitro benzene ring substituents is 1. The quantitative estimate of drug-likeness (QED) is 0.569. The van der Waals surface area contributed by atoms with E-state index < -0.39 is 4.92 Å². The lowest BCUT2D eigenvalue weighted by Crippen LogP contribution is -2.52. The van der Waals surface area contributed by atoms with Gasteiger partial charge in [-0.1, -0.05) is 24.3 Å². The molecule has 1 atom stereocenters. The molecule has 2 aromatic carbocycles. The fraction of sp³-hybridized carbons (Fsp3) is 0.381. The third-order valence-electron chi connectivity index (χ3n) is 5.11. The SMILES string of the molecule is CCOc1ccccc1N1CCN([C@H](C)C(=O)Nc2ccccc2[N+](=O)[O-])CC1. The number of anilines is 2. The van der Waals surface area contributed by atoms with E-state index in [1.807, 2.05) is 38.1 Å². The molecule has 1 amide bonds. The molecule has 154 valence electrons. The van der Waals surface area contributed by atoms with Gasteiger partial charge in [-0.25, -0.2) is 0 Å². The number of hydrogen-bond acceptors (Lipinski definition) is 6. The molecule has 29 heavy (non-hydrogen) atoms. The van der Waals surface area contributed by atoms with Crippen molar-refractivity contribution in [3.05, 3.63) is 58.6 Å². The van der Waals surface area contributed by atoms with Crippen LogP contribution in [0, 0.1) is 10.1 Å². The van der Waals surface area contributed by atoms with E-state index in [4.69, 9.17) is 4.74 Å². The van der Waals surface area contributed by atoms with Gasteiger partial charge in [-0.3, -0.25) is 19.8 Å². The van der Waals surface area contributed by atoms with Crippen molar-refractivity contribution < 1.29 is 14.5 Å². The van der Waals surface area contributed by atoms with Crippen molar-refractivity contribution in [3.63, 3.8) is 0 Å². The molecule has 0 saturated carbocycles. The molecule has 2 aromatic rings. The monoisotopic (exact) mass is 398 g/mol. The van der Waals surface area contributed by atoms with Gasteiger partial charge in [0.25, 0.3) is 5.69 Å². The molecule has 1 saturated heterocycles. The molecule has 3 rings (SSSR count). The van der Waals surface area contributed by atoms with Crippen LogP contribution in [0.5, 0.6) is 5.75 Å². The van der Waals surface area contributed by atoms with Gasteiger partial charge in [-0.05, 0) is 32.0 Å². The molecular weight excluding hydrogens is 372 g/mol. The van der Waals surface area contributed by atoms with E-state index >= 15 is 0 Å². The molecule has 8 heteroatoms. The third kappa shape index (κ3) is 4.83. The number of hydrogen-bond donors (Lipinski definition) is 1. The Labute approximate surface area is 170 Å². The van der Waals surface area contributed by atoms with E-state index in [9.17, 15) is 14.9 Å². The molecule has 1 heterocycles. The van der Waals surface area contributed by atoms with Crippen molar-refractivity contribution in [1.29, 1.82) is 0 Å². The summed E-state index contributed by atoms with van der Waals surface area (Å²) in [5.74, 6) is 0.619. The van der Waals surface area contributed by atoms with Crippen molar-refractivity contribution in [1.82, 2.24) is 4.90 Å². The van der Waals surface area contributed by atoms with Crippen LogP contribution < -0.4 is 15.0 Å². The van der Waals surface area contributed by atoms with Gasteiger partial charge >= 0.3 is 0 Å². The number of ether oxygens (including phenoxy) is 1. The van der Waals surface area contributed by atoms with E-state index in [1.54, 1.807) is 18.2 Å². The molecule has 0 aliphatic carbocycles. The van der Waals surface area contributed by atoms with Gasteiger partial charge in [0.15, 0.2) is 0 Å². The molecule has 0 aromatic heterocycles. The van der Waals surface area contributed by atoms with Crippen molar-refractivity contribution in [2.45, 2.75) is 19.9 Å². The number of nitro groups is 1. The topological polar surface area (TPSA) is 88.0 Å². The Kier molecular flexibility index (Phi) is 6.66. The predicted molar refractivity (Wildman–Crippen MR) is 113 cm³/mol. The predicted octanol–water partition coefficient (Wildman–Crippen LogP) is 3.14. The molecule has 0 unspecified atom stereocenters. The minimum absolute atomic E-state index is 0.106. The fourth-order valence-electron chi connectivity index (χ4n) is 3.49. The highest BCUT2D eigenvalue weighted by molar-refractivity contribution is 5.96. The minimum Gasteiger partial charge on any atom is -0.492 e. The van der Waals surface area contributed by atoms with Crippen LogP contribution in [0.15, 0.2) is 48.5 Å². The highest BCUT2D eigenvalue weighted by atomic mass is 16.6. The van der Waals surface area contributed by atoms with Crippen molar-refractivity contribution in [2.75, 3.05) is 43.0 Å². The third-order valence-corrected chi connectivity index (χ3v) is 5.11. The number of benzene rings is 2. The second-order valence-corrected chi connectivity index (χ2v) is 6.86. The number of carbonyl (C=O) groups is 1. The Morgan fingerprint density at radius 1 is 1.14 bits per heavy atom. The molecule has 0 bridgehead atoms. The van der Waals surface area contributed by atoms with Crippen LogP contribution in [0.2, 0.25) is 0 Å². The first-order valence-corrected chi connectivity index (χ1v) is 9.76. The maximum absolute atomic E-state index is 12.7. The van der Waals surface area contributed by atoms with Gasteiger partial charge in [-0.2, -0.15) is 0 Å². The zero-order valence-corrected chi connectivity index (χ0v) is 16.7. The summed E-state index contributed by atoms with van der Waals surface area (Å²) >= 11 is 0. The Morgan fingerprint density at radius 2 is 1.79 bits per heavy atom. The van der Waals surface area contributed by atoms with Gasteiger partial charge in [0.1, 0.15) is 11.4 Å². The van der Waals surface area contributed by atoms with Gasteiger partial charge in [0.2, 0.25) is 5.91 Å². The van der Waals surface area contributed by atoms with E-state index in [1.165, 1.54) is 6.07 Å². The van der Waals surface area contributed by atoms with E-state index in [-0.39, 0.29) is 23.3 Å². The fourth-order valence-corrected chi connectivity index (χ4v) is 3.49.